The van der Waals surface area contributed by atoms with E-state index in [1.165, 1.54) is 42.2 Å². The second kappa shape index (κ2) is 7.44. The van der Waals surface area contributed by atoms with Gasteiger partial charge in [0.2, 0.25) is 10.0 Å². The topological polar surface area (TPSA) is 94.6 Å². The molecule has 0 aliphatic carbocycles. The van der Waals surface area contributed by atoms with Crippen molar-refractivity contribution in [3.8, 4) is 16.5 Å². The summed E-state index contributed by atoms with van der Waals surface area (Å²) in [5, 5.41) is 6.00. The maximum absolute atomic E-state index is 12.0. The fourth-order valence-electron chi connectivity index (χ4n) is 2.12. The van der Waals surface area contributed by atoms with Crippen LogP contribution in [0.1, 0.15) is 0 Å². The van der Waals surface area contributed by atoms with Gasteiger partial charge in [0, 0.05) is 14.1 Å². The van der Waals surface area contributed by atoms with E-state index in [4.69, 9.17) is 9.15 Å². The normalized spacial score (nSPS) is 11.8. The van der Waals surface area contributed by atoms with Crippen molar-refractivity contribution in [2.75, 3.05) is 20.7 Å². The molecule has 10 heteroatoms. The molecule has 0 unspecified atom stereocenters. The molecular weight excluding hydrogens is 378 g/mol. The van der Waals surface area contributed by atoms with Crippen molar-refractivity contribution in [3.05, 3.63) is 52.3 Å². The molecule has 0 aliphatic heterocycles. The zero-order valence-electron chi connectivity index (χ0n) is 14.2. The lowest BCUT2D eigenvalue weighted by Gasteiger charge is -2.12. The molecule has 0 amide bonds. The van der Waals surface area contributed by atoms with Crippen LogP contribution in [0, 0.1) is 0 Å². The van der Waals surface area contributed by atoms with Crippen LogP contribution in [0.2, 0.25) is 0 Å². The Hall–Kier alpha value is -2.43. The number of nitrogens with zero attached hydrogens (tertiary/aromatic N) is 3. The second-order valence-corrected chi connectivity index (χ2v) is 8.58. The van der Waals surface area contributed by atoms with Gasteiger partial charge in [-0.15, -0.1) is 16.4 Å². The second-order valence-electron chi connectivity index (χ2n) is 5.48. The highest BCUT2D eigenvalue weighted by molar-refractivity contribution is 7.89. The van der Waals surface area contributed by atoms with Gasteiger partial charge >= 0.3 is 5.76 Å². The highest BCUT2D eigenvalue weighted by Crippen LogP contribution is 2.21. The van der Waals surface area contributed by atoms with Crippen molar-refractivity contribution in [2.45, 2.75) is 11.4 Å². The lowest BCUT2D eigenvalue weighted by molar-refractivity contribution is 0.285. The van der Waals surface area contributed by atoms with Crippen LogP contribution in [-0.2, 0) is 16.6 Å². The summed E-state index contributed by atoms with van der Waals surface area (Å²) in [6.07, 6.45) is 0. The highest BCUT2D eigenvalue weighted by Gasteiger charge is 2.16. The van der Waals surface area contributed by atoms with Crippen molar-refractivity contribution >= 4 is 21.4 Å². The highest BCUT2D eigenvalue weighted by atomic mass is 32.2. The first kappa shape index (κ1) is 18.4. The fourth-order valence-corrected chi connectivity index (χ4v) is 3.66. The van der Waals surface area contributed by atoms with E-state index in [0.29, 0.717) is 5.75 Å². The van der Waals surface area contributed by atoms with Gasteiger partial charge < -0.3 is 9.15 Å². The lowest BCUT2D eigenvalue weighted by atomic mass is 10.3. The maximum atomic E-state index is 12.0. The van der Waals surface area contributed by atoms with Crippen molar-refractivity contribution in [3.63, 3.8) is 0 Å². The molecule has 26 heavy (non-hydrogen) atoms. The first-order valence-corrected chi connectivity index (χ1v) is 9.97. The van der Waals surface area contributed by atoms with E-state index in [-0.39, 0.29) is 23.9 Å². The van der Waals surface area contributed by atoms with Gasteiger partial charge in [-0.3, -0.25) is 0 Å². The SMILES string of the molecule is CN(C)S(=O)(=O)c1ccc(OCCn2nc(-c3cccs3)oc2=O)cc1. The van der Waals surface area contributed by atoms with Crippen molar-refractivity contribution in [1.29, 1.82) is 0 Å². The minimum atomic E-state index is -3.47. The van der Waals surface area contributed by atoms with E-state index < -0.39 is 15.8 Å². The zero-order chi connectivity index (χ0) is 18.7. The third-order valence-corrected chi connectivity index (χ3v) is 6.20. The third kappa shape index (κ3) is 3.87. The molecule has 0 atom stereocenters. The number of thiophene rings is 1. The zero-order valence-corrected chi connectivity index (χ0v) is 15.8. The van der Waals surface area contributed by atoms with Gasteiger partial charge in [0.1, 0.15) is 12.4 Å². The van der Waals surface area contributed by atoms with E-state index in [0.717, 1.165) is 9.18 Å². The van der Waals surface area contributed by atoms with Crippen LogP contribution in [0.4, 0.5) is 0 Å². The average Bonchev–Trinajstić information content (AvgIpc) is 3.25. The van der Waals surface area contributed by atoms with Crippen molar-refractivity contribution in [2.24, 2.45) is 0 Å². The fraction of sp³-hybridized carbons (Fsp3) is 0.250. The molecule has 0 saturated carbocycles. The van der Waals surface area contributed by atoms with E-state index in [9.17, 15) is 13.2 Å². The number of sulfonamides is 1. The number of hydrogen-bond donors (Lipinski definition) is 0. The van der Waals surface area contributed by atoms with E-state index in [2.05, 4.69) is 5.10 Å². The Morgan fingerprint density at radius 2 is 1.96 bits per heavy atom. The maximum Gasteiger partial charge on any atom is 0.437 e. The van der Waals surface area contributed by atoms with Crippen LogP contribution in [0.15, 0.2) is 55.9 Å². The van der Waals surface area contributed by atoms with Gasteiger partial charge in [0.25, 0.3) is 5.89 Å². The minimum absolute atomic E-state index is 0.183. The smallest absolute Gasteiger partial charge is 0.437 e. The Morgan fingerprint density at radius 1 is 1.23 bits per heavy atom. The van der Waals surface area contributed by atoms with Gasteiger partial charge in [-0.05, 0) is 35.7 Å². The molecule has 0 saturated heterocycles. The van der Waals surface area contributed by atoms with Crippen LogP contribution in [0.25, 0.3) is 10.8 Å². The molecule has 0 N–H and O–H groups in total. The predicted octanol–water partition coefficient (Wildman–Crippen LogP) is 1.89. The van der Waals surface area contributed by atoms with Crippen molar-refractivity contribution in [1.82, 2.24) is 14.1 Å². The third-order valence-electron chi connectivity index (χ3n) is 3.51. The summed E-state index contributed by atoms with van der Waals surface area (Å²) in [5.41, 5.74) is 0. The monoisotopic (exact) mass is 395 g/mol. The summed E-state index contributed by atoms with van der Waals surface area (Å²) in [5.74, 6) is 0.227. The first-order chi connectivity index (χ1) is 12.4. The molecule has 0 radical (unpaired) electrons. The molecule has 8 nitrogen and oxygen atoms in total. The Balaban J connectivity index is 1.61. The molecular formula is C16H17N3O5S2. The molecule has 0 bridgehead atoms. The standard InChI is InChI=1S/C16H17N3O5S2/c1-18(2)26(21,22)13-7-5-12(6-8-13)23-10-9-19-16(20)24-15(17-19)14-4-3-11-25-14/h3-8,11H,9-10H2,1-2H3. The van der Waals surface area contributed by atoms with Crippen LogP contribution in [-0.4, -0.2) is 43.2 Å². The summed E-state index contributed by atoms with van der Waals surface area (Å²) in [4.78, 5) is 12.8. The summed E-state index contributed by atoms with van der Waals surface area (Å²) in [6.45, 7) is 0.404. The predicted molar refractivity (Wildman–Crippen MR) is 96.9 cm³/mol. The minimum Gasteiger partial charge on any atom is -0.492 e. The summed E-state index contributed by atoms with van der Waals surface area (Å²) < 4.78 is 37.0. The first-order valence-electron chi connectivity index (χ1n) is 7.65. The Bertz CT molecular complexity index is 1020. The van der Waals surface area contributed by atoms with Gasteiger partial charge in [-0.2, -0.15) is 4.68 Å². The quantitative estimate of drug-likeness (QED) is 0.606. The summed E-state index contributed by atoms with van der Waals surface area (Å²) in [7, 11) is -0.527. The molecule has 138 valence electrons. The number of rotatable bonds is 7. The van der Waals surface area contributed by atoms with Crippen LogP contribution in [0.3, 0.4) is 0 Å². The molecule has 0 fully saturated rings. The van der Waals surface area contributed by atoms with Gasteiger partial charge in [0.05, 0.1) is 16.3 Å². The molecule has 3 rings (SSSR count). The molecule has 2 aromatic heterocycles. The Morgan fingerprint density at radius 3 is 2.58 bits per heavy atom. The van der Waals surface area contributed by atoms with Gasteiger partial charge in [-0.25, -0.2) is 17.5 Å². The van der Waals surface area contributed by atoms with E-state index >= 15 is 0 Å². The number of hydrogen-bond acceptors (Lipinski definition) is 7. The molecule has 1 aromatic carbocycles. The number of ether oxygens (including phenoxy) is 1. The molecule has 3 aromatic rings. The molecule has 0 spiro atoms. The Kier molecular flexibility index (Phi) is 5.25. The van der Waals surface area contributed by atoms with Crippen LogP contribution >= 0.6 is 11.3 Å². The number of aromatic nitrogens is 2. The van der Waals surface area contributed by atoms with Gasteiger partial charge in [0.15, 0.2) is 0 Å². The summed E-state index contributed by atoms with van der Waals surface area (Å²) >= 11 is 1.43. The van der Waals surface area contributed by atoms with Gasteiger partial charge in [-0.1, -0.05) is 6.07 Å². The van der Waals surface area contributed by atoms with Crippen molar-refractivity contribution < 1.29 is 17.6 Å². The Labute approximate surface area is 154 Å². The molecule has 0 aliphatic rings. The largest absolute Gasteiger partial charge is 0.492 e. The van der Waals surface area contributed by atoms with E-state index in [1.54, 1.807) is 12.1 Å². The average molecular weight is 395 g/mol. The lowest BCUT2D eigenvalue weighted by Crippen LogP contribution is -2.22. The van der Waals surface area contributed by atoms with Crippen LogP contribution in [0.5, 0.6) is 5.75 Å². The van der Waals surface area contributed by atoms with Crippen LogP contribution < -0.4 is 10.5 Å². The summed E-state index contributed by atoms with van der Waals surface area (Å²) in [6, 6.07) is 9.75. The number of benzene rings is 1. The van der Waals surface area contributed by atoms with E-state index in [1.807, 2.05) is 17.5 Å². The molecule has 2 heterocycles.